The first-order valence-corrected chi connectivity index (χ1v) is 11.5. The van der Waals surface area contributed by atoms with Crippen molar-refractivity contribution in [3.63, 3.8) is 0 Å². The highest BCUT2D eigenvalue weighted by Crippen LogP contribution is 2.32. The molecule has 2 aliphatic rings. The van der Waals surface area contributed by atoms with Gasteiger partial charge in [0.2, 0.25) is 11.8 Å². The average Bonchev–Trinajstić information content (AvgIpc) is 3.15. The molecule has 4 heterocycles. The zero-order valence-electron chi connectivity index (χ0n) is 18.7. The standard InChI is InChI=1S/C24H28N6O3/c1-16-5-6-17-18(26-16)7-8-19-24(17)27-20(9-12-28-11-3-2-4-22(28)32)30(19)15-23(33)29-13-10-25-21(31)14-29/h2-4,7-8,11,16,26H,5-6,9-10,12-15H2,1H3,(H,25,31)/t16-/m0/s1. The van der Waals surface area contributed by atoms with E-state index in [1.54, 1.807) is 21.7 Å². The van der Waals surface area contributed by atoms with Crippen LogP contribution in [-0.4, -0.2) is 56.5 Å². The van der Waals surface area contributed by atoms with Crippen molar-refractivity contribution in [2.24, 2.45) is 0 Å². The molecule has 2 amide bonds. The number of amides is 2. The molecule has 0 saturated carbocycles. The van der Waals surface area contributed by atoms with Crippen LogP contribution in [0.2, 0.25) is 0 Å². The molecule has 3 aromatic rings. The van der Waals surface area contributed by atoms with Crippen LogP contribution in [0.5, 0.6) is 0 Å². The van der Waals surface area contributed by atoms with Crippen molar-refractivity contribution < 1.29 is 9.59 Å². The number of carbonyl (C=O) groups is 2. The molecule has 1 atom stereocenters. The summed E-state index contributed by atoms with van der Waals surface area (Å²) >= 11 is 0. The van der Waals surface area contributed by atoms with Gasteiger partial charge in [-0.1, -0.05) is 6.07 Å². The molecule has 1 aromatic carbocycles. The number of imidazole rings is 1. The molecule has 1 saturated heterocycles. The number of anilines is 1. The number of carbonyl (C=O) groups excluding carboxylic acids is 2. The van der Waals surface area contributed by atoms with Crippen LogP contribution in [0.25, 0.3) is 11.0 Å². The summed E-state index contributed by atoms with van der Waals surface area (Å²) < 4.78 is 3.61. The lowest BCUT2D eigenvalue weighted by atomic mass is 9.98. The minimum Gasteiger partial charge on any atom is -0.382 e. The summed E-state index contributed by atoms with van der Waals surface area (Å²) in [5.41, 5.74) is 4.02. The van der Waals surface area contributed by atoms with Gasteiger partial charge in [0.1, 0.15) is 12.4 Å². The molecule has 9 heteroatoms. The van der Waals surface area contributed by atoms with Crippen LogP contribution in [-0.2, 0) is 35.5 Å². The number of nitrogens with one attached hydrogen (secondary N) is 2. The number of nitrogens with zero attached hydrogens (tertiary/aromatic N) is 4. The van der Waals surface area contributed by atoms with Crippen molar-refractivity contribution in [3.8, 4) is 0 Å². The minimum atomic E-state index is -0.136. The van der Waals surface area contributed by atoms with Gasteiger partial charge in [0.15, 0.2) is 0 Å². The van der Waals surface area contributed by atoms with E-state index in [1.807, 2.05) is 16.7 Å². The van der Waals surface area contributed by atoms with E-state index < -0.39 is 0 Å². The summed E-state index contributed by atoms with van der Waals surface area (Å²) in [6.45, 7) is 3.81. The Balaban J connectivity index is 1.50. The fourth-order valence-electron chi connectivity index (χ4n) is 4.70. The number of hydrogen-bond acceptors (Lipinski definition) is 5. The normalized spacial score (nSPS) is 18.0. The molecule has 9 nitrogen and oxygen atoms in total. The highest BCUT2D eigenvalue weighted by atomic mass is 16.2. The third-order valence-corrected chi connectivity index (χ3v) is 6.49. The molecule has 0 unspecified atom stereocenters. The Labute approximate surface area is 191 Å². The number of piperazine rings is 1. The Bertz CT molecular complexity index is 1280. The minimum absolute atomic E-state index is 0.0638. The van der Waals surface area contributed by atoms with Gasteiger partial charge in [-0.15, -0.1) is 0 Å². The SMILES string of the molecule is C[C@H]1CCc2c(ccc3c2nc(CCn2ccccc2=O)n3CC(=O)N2CCNC(=O)C2)N1. The zero-order chi connectivity index (χ0) is 22.9. The van der Waals surface area contributed by atoms with Gasteiger partial charge in [-0.05, 0) is 38.0 Å². The van der Waals surface area contributed by atoms with Crippen molar-refractivity contribution in [3.05, 3.63) is 58.3 Å². The number of pyridine rings is 1. The maximum absolute atomic E-state index is 13.1. The van der Waals surface area contributed by atoms with Crippen molar-refractivity contribution in [1.29, 1.82) is 0 Å². The van der Waals surface area contributed by atoms with Gasteiger partial charge >= 0.3 is 0 Å². The first kappa shape index (κ1) is 21.2. The van der Waals surface area contributed by atoms with Crippen LogP contribution in [0, 0.1) is 0 Å². The van der Waals surface area contributed by atoms with Gasteiger partial charge in [0.25, 0.3) is 5.56 Å². The molecular weight excluding hydrogens is 420 g/mol. The van der Waals surface area contributed by atoms with Crippen LogP contribution < -0.4 is 16.2 Å². The predicted molar refractivity (Wildman–Crippen MR) is 125 cm³/mol. The summed E-state index contributed by atoms with van der Waals surface area (Å²) in [4.78, 5) is 43.6. The monoisotopic (exact) mass is 448 g/mol. The maximum Gasteiger partial charge on any atom is 0.250 e. The van der Waals surface area contributed by atoms with E-state index in [-0.39, 0.29) is 30.5 Å². The number of benzene rings is 1. The smallest absolute Gasteiger partial charge is 0.250 e. The number of rotatable bonds is 5. The second-order valence-corrected chi connectivity index (χ2v) is 8.81. The van der Waals surface area contributed by atoms with E-state index in [4.69, 9.17) is 4.98 Å². The molecule has 2 aromatic heterocycles. The summed E-state index contributed by atoms with van der Waals surface area (Å²) in [6, 6.07) is 9.58. The molecular formula is C24H28N6O3. The molecule has 5 rings (SSSR count). The van der Waals surface area contributed by atoms with Crippen molar-refractivity contribution in [2.75, 3.05) is 25.0 Å². The molecule has 0 aliphatic carbocycles. The summed E-state index contributed by atoms with van der Waals surface area (Å²) in [7, 11) is 0. The van der Waals surface area contributed by atoms with E-state index in [0.29, 0.717) is 32.1 Å². The lowest BCUT2D eigenvalue weighted by Gasteiger charge is -2.27. The fraction of sp³-hybridized carbons (Fsp3) is 0.417. The van der Waals surface area contributed by atoms with Crippen molar-refractivity contribution in [1.82, 2.24) is 24.3 Å². The van der Waals surface area contributed by atoms with Gasteiger partial charge in [-0.2, -0.15) is 0 Å². The average molecular weight is 449 g/mol. The Morgan fingerprint density at radius 1 is 1.21 bits per heavy atom. The second kappa shape index (κ2) is 8.73. The number of fused-ring (bicyclic) bond motifs is 3. The summed E-state index contributed by atoms with van der Waals surface area (Å²) in [6.07, 6.45) is 4.23. The molecule has 2 aliphatic heterocycles. The molecule has 0 spiro atoms. The van der Waals surface area contributed by atoms with E-state index in [0.717, 1.165) is 35.4 Å². The Hall–Kier alpha value is -3.62. The number of hydrogen-bond donors (Lipinski definition) is 2. The Morgan fingerprint density at radius 2 is 2.09 bits per heavy atom. The predicted octanol–water partition coefficient (Wildman–Crippen LogP) is 1.15. The van der Waals surface area contributed by atoms with E-state index >= 15 is 0 Å². The molecule has 2 N–H and O–H groups in total. The van der Waals surface area contributed by atoms with Crippen LogP contribution in [0.1, 0.15) is 24.7 Å². The molecule has 0 radical (unpaired) electrons. The summed E-state index contributed by atoms with van der Waals surface area (Å²) in [5.74, 6) is 0.525. The lowest BCUT2D eigenvalue weighted by Crippen LogP contribution is -2.50. The molecule has 33 heavy (non-hydrogen) atoms. The van der Waals surface area contributed by atoms with Gasteiger partial charge in [-0.3, -0.25) is 14.4 Å². The zero-order valence-corrected chi connectivity index (χ0v) is 18.7. The highest BCUT2D eigenvalue weighted by Gasteiger charge is 2.25. The third-order valence-electron chi connectivity index (χ3n) is 6.49. The second-order valence-electron chi connectivity index (χ2n) is 8.81. The third kappa shape index (κ3) is 4.22. The van der Waals surface area contributed by atoms with Crippen LogP contribution in [0.15, 0.2) is 41.3 Å². The van der Waals surface area contributed by atoms with Crippen molar-refractivity contribution in [2.45, 2.75) is 45.3 Å². The van der Waals surface area contributed by atoms with E-state index in [2.05, 4.69) is 23.6 Å². The van der Waals surface area contributed by atoms with E-state index in [9.17, 15) is 14.4 Å². The highest BCUT2D eigenvalue weighted by molar-refractivity contribution is 5.89. The quantitative estimate of drug-likeness (QED) is 0.610. The lowest BCUT2D eigenvalue weighted by molar-refractivity contribution is -0.138. The fourth-order valence-corrected chi connectivity index (χ4v) is 4.70. The number of aromatic nitrogens is 3. The number of aryl methyl sites for hydroxylation is 3. The largest absolute Gasteiger partial charge is 0.382 e. The van der Waals surface area contributed by atoms with Crippen molar-refractivity contribution >= 4 is 28.5 Å². The molecule has 0 bridgehead atoms. The van der Waals surface area contributed by atoms with Gasteiger partial charge in [0, 0.05) is 55.6 Å². The Kier molecular flexibility index (Phi) is 5.62. The van der Waals surface area contributed by atoms with Gasteiger partial charge in [0.05, 0.1) is 17.6 Å². The van der Waals surface area contributed by atoms with E-state index in [1.165, 1.54) is 11.6 Å². The van der Waals surface area contributed by atoms with Gasteiger partial charge < -0.3 is 24.7 Å². The van der Waals surface area contributed by atoms with Crippen LogP contribution in [0.4, 0.5) is 5.69 Å². The molecule has 172 valence electrons. The summed E-state index contributed by atoms with van der Waals surface area (Å²) in [5, 5.41) is 6.29. The maximum atomic E-state index is 13.1. The van der Waals surface area contributed by atoms with Gasteiger partial charge in [-0.25, -0.2) is 4.98 Å². The van der Waals surface area contributed by atoms with Crippen LogP contribution in [0.3, 0.4) is 0 Å². The first-order chi connectivity index (χ1) is 16.0. The molecule has 1 fully saturated rings. The Morgan fingerprint density at radius 3 is 2.91 bits per heavy atom. The topological polar surface area (TPSA) is 101 Å². The van der Waals surface area contributed by atoms with Crippen LogP contribution >= 0.6 is 0 Å². The first-order valence-electron chi connectivity index (χ1n) is 11.5.